The first-order chi connectivity index (χ1) is 9.91. The van der Waals surface area contributed by atoms with Gasteiger partial charge in [-0.15, -0.1) is 0 Å². The van der Waals surface area contributed by atoms with Crippen LogP contribution in [0, 0.1) is 14.1 Å². The lowest BCUT2D eigenvalue weighted by Gasteiger charge is -2.07. The van der Waals surface area contributed by atoms with Crippen LogP contribution in [0.2, 0.25) is 0 Å². The van der Waals surface area contributed by atoms with Gasteiger partial charge in [0.1, 0.15) is 6.33 Å². The minimum atomic E-state index is -3.65. The van der Waals surface area contributed by atoms with Crippen LogP contribution in [0.5, 0.6) is 0 Å². The van der Waals surface area contributed by atoms with E-state index >= 15 is 0 Å². The fourth-order valence-corrected chi connectivity index (χ4v) is 3.69. The Kier molecular flexibility index (Phi) is 5.60. The van der Waals surface area contributed by atoms with Gasteiger partial charge in [-0.2, -0.15) is 0 Å². The van der Waals surface area contributed by atoms with Gasteiger partial charge in [0.25, 0.3) is 10.0 Å². The Labute approximate surface area is 151 Å². The van der Waals surface area contributed by atoms with E-state index in [4.69, 9.17) is 0 Å². The standard InChI is InChI=1S/C14H12I2N2O2S/c1-11-4-6-12(7-5-11)21(19,20)18-9-14(16)13(15)3-2-8-17-10-18/h2-10H,1H3. The molecule has 0 fully saturated rings. The van der Waals surface area contributed by atoms with Crippen LogP contribution in [0.15, 0.2) is 60.0 Å². The van der Waals surface area contributed by atoms with Crippen molar-refractivity contribution in [3.05, 3.63) is 67.8 Å². The maximum atomic E-state index is 12.7. The zero-order valence-corrected chi connectivity index (χ0v) is 16.2. The third-order valence-electron chi connectivity index (χ3n) is 2.66. The third-order valence-corrected chi connectivity index (χ3v) is 7.12. The van der Waals surface area contributed by atoms with E-state index in [0.29, 0.717) is 0 Å². The lowest BCUT2D eigenvalue weighted by molar-refractivity contribution is 0.586. The Morgan fingerprint density at radius 2 is 1.71 bits per heavy atom. The number of aromatic nitrogens is 2. The van der Waals surface area contributed by atoms with E-state index in [1.54, 1.807) is 42.7 Å². The van der Waals surface area contributed by atoms with Gasteiger partial charge in [0.2, 0.25) is 0 Å². The van der Waals surface area contributed by atoms with Gasteiger partial charge in [-0.05, 0) is 76.4 Å². The van der Waals surface area contributed by atoms with Crippen LogP contribution in [0.25, 0.3) is 0 Å². The molecule has 2 aromatic rings. The Balaban J connectivity index is 2.68. The molecule has 0 N–H and O–H groups in total. The molecule has 0 radical (unpaired) electrons. The summed E-state index contributed by atoms with van der Waals surface area (Å²) in [4.78, 5) is 4.23. The quantitative estimate of drug-likeness (QED) is 0.561. The molecule has 0 amide bonds. The first kappa shape index (κ1) is 16.7. The van der Waals surface area contributed by atoms with Gasteiger partial charge in [-0.1, -0.05) is 17.7 Å². The summed E-state index contributed by atoms with van der Waals surface area (Å²) >= 11 is 4.26. The highest BCUT2D eigenvalue weighted by molar-refractivity contribution is 14.1. The fourth-order valence-electron chi connectivity index (χ4n) is 1.53. The van der Waals surface area contributed by atoms with E-state index in [2.05, 4.69) is 50.2 Å². The van der Waals surface area contributed by atoms with Crippen LogP contribution in [0.1, 0.15) is 5.56 Å². The van der Waals surface area contributed by atoms with Crippen molar-refractivity contribution in [1.82, 2.24) is 8.96 Å². The molecule has 1 aromatic heterocycles. The summed E-state index contributed by atoms with van der Waals surface area (Å²) in [7, 11) is -3.65. The number of rotatable bonds is 2. The topological polar surface area (TPSA) is 52.0 Å². The minimum Gasteiger partial charge on any atom is -0.246 e. The van der Waals surface area contributed by atoms with Crippen LogP contribution < -0.4 is 0 Å². The van der Waals surface area contributed by atoms with Crippen LogP contribution >= 0.6 is 45.2 Å². The summed E-state index contributed by atoms with van der Waals surface area (Å²) in [6.07, 6.45) is 4.41. The molecule has 0 atom stereocenters. The normalized spacial score (nSPS) is 11.0. The number of aryl methyl sites for hydroxylation is 1. The second-order valence-electron chi connectivity index (χ2n) is 4.25. The Morgan fingerprint density at radius 3 is 2.38 bits per heavy atom. The van der Waals surface area contributed by atoms with Crippen molar-refractivity contribution in [1.29, 1.82) is 0 Å². The molecule has 21 heavy (non-hydrogen) atoms. The van der Waals surface area contributed by atoms with Crippen LogP contribution in [-0.4, -0.2) is 17.4 Å². The van der Waals surface area contributed by atoms with Gasteiger partial charge < -0.3 is 0 Å². The molecule has 0 spiro atoms. The fraction of sp³-hybridized carbons (Fsp3) is 0.0714. The minimum absolute atomic E-state index is 0.238. The lowest BCUT2D eigenvalue weighted by atomic mass is 10.2. The predicted molar refractivity (Wildman–Crippen MR) is 99.1 cm³/mol. The zero-order valence-electron chi connectivity index (χ0n) is 11.1. The van der Waals surface area contributed by atoms with Crippen molar-refractivity contribution in [2.75, 3.05) is 0 Å². The lowest BCUT2D eigenvalue weighted by Crippen LogP contribution is -2.12. The number of nitrogens with zero attached hydrogens (tertiary/aromatic N) is 2. The second kappa shape index (κ2) is 7.05. The van der Waals surface area contributed by atoms with Crippen LogP contribution in [0.4, 0.5) is 0 Å². The average molecular weight is 526 g/mol. The van der Waals surface area contributed by atoms with E-state index in [-0.39, 0.29) is 4.90 Å². The Bertz CT molecular complexity index is 798. The summed E-state index contributed by atoms with van der Waals surface area (Å²) in [5.74, 6) is 0. The molecular weight excluding hydrogens is 514 g/mol. The number of benzene rings is 1. The molecule has 7 heteroatoms. The molecule has 4 nitrogen and oxygen atoms in total. The second-order valence-corrected chi connectivity index (χ2v) is 8.41. The van der Waals surface area contributed by atoms with Gasteiger partial charge >= 0.3 is 0 Å². The van der Waals surface area contributed by atoms with Crippen LogP contribution in [-0.2, 0) is 10.0 Å². The highest BCUT2D eigenvalue weighted by Crippen LogP contribution is 2.16. The van der Waals surface area contributed by atoms with Crippen molar-refractivity contribution >= 4 is 55.2 Å². The molecule has 1 aromatic carbocycles. The van der Waals surface area contributed by atoms with Gasteiger partial charge in [0, 0.05) is 19.5 Å². The summed E-state index contributed by atoms with van der Waals surface area (Å²) in [6, 6.07) is 10.4. The van der Waals surface area contributed by atoms with E-state index in [1.165, 1.54) is 6.33 Å². The maximum absolute atomic E-state index is 12.7. The van der Waals surface area contributed by atoms with Gasteiger partial charge in [-0.3, -0.25) is 0 Å². The van der Waals surface area contributed by atoms with E-state index in [0.717, 1.165) is 16.7 Å². The summed E-state index contributed by atoms with van der Waals surface area (Å²) in [6.45, 7) is 1.92. The third kappa shape index (κ3) is 4.16. The van der Waals surface area contributed by atoms with Gasteiger partial charge in [-0.25, -0.2) is 17.4 Å². The van der Waals surface area contributed by atoms with Crippen molar-refractivity contribution in [3.63, 3.8) is 0 Å². The Morgan fingerprint density at radius 1 is 1.05 bits per heavy atom. The molecule has 2 rings (SSSR count). The number of hydrogen-bond acceptors (Lipinski definition) is 3. The maximum Gasteiger partial charge on any atom is 0.268 e. The zero-order chi connectivity index (χ0) is 15.5. The van der Waals surface area contributed by atoms with Crippen molar-refractivity contribution in [2.45, 2.75) is 11.8 Å². The number of halogens is 2. The van der Waals surface area contributed by atoms with Gasteiger partial charge in [0.05, 0.1) is 4.90 Å². The molecule has 0 bridgehead atoms. The number of hydrogen-bond donors (Lipinski definition) is 0. The van der Waals surface area contributed by atoms with Gasteiger partial charge in [0.15, 0.2) is 0 Å². The molecule has 0 aliphatic heterocycles. The molecule has 110 valence electrons. The van der Waals surface area contributed by atoms with Crippen molar-refractivity contribution in [3.8, 4) is 0 Å². The first-order valence-electron chi connectivity index (χ1n) is 5.95. The van der Waals surface area contributed by atoms with E-state index in [1.807, 2.05) is 13.0 Å². The summed E-state index contributed by atoms with van der Waals surface area (Å²) in [5.41, 5.74) is 1.01. The smallest absolute Gasteiger partial charge is 0.246 e. The van der Waals surface area contributed by atoms with E-state index in [9.17, 15) is 8.42 Å². The highest BCUT2D eigenvalue weighted by atomic mass is 127. The molecule has 0 unspecified atom stereocenters. The highest BCUT2D eigenvalue weighted by Gasteiger charge is 2.15. The largest absolute Gasteiger partial charge is 0.268 e. The molecule has 0 aliphatic rings. The van der Waals surface area contributed by atoms with Crippen molar-refractivity contribution in [2.24, 2.45) is 0 Å². The summed E-state index contributed by atoms with van der Waals surface area (Å²) < 4.78 is 28.2. The van der Waals surface area contributed by atoms with Crippen LogP contribution in [0.3, 0.4) is 0 Å². The predicted octanol–water partition coefficient (Wildman–Crippen LogP) is 3.76. The average Bonchev–Trinajstić information content (AvgIpc) is 2.52. The first-order valence-corrected chi connectivity index (χ1v) is 9.54. The molecular formula is C14H12I2N2O2S. The molecule has 0 saturated carbocycles. The van der Waals surface area contributed by atoms with Crippen molar-refractivity contribution < 1.29 is 8.42 Å². The molecule has 0 aliphatic carbocycles. The summed E-state index contributed by atoms with van der Waals surface area (Å²) in [5, 5.41) is 0. The Hall–Kier alpha value is -0.680. The monoisotopic (exact) mass is 526 g/mol. The molecule has 1 heterocycles. The van der Waals surface area contributed by atoms with E-state index < -0.39 is 10.0 Å². The SMILES string of the molecule is Cc1ccc(S(=O)(=O)n2cncccc(I)c(I)c2)cc1. The molecule has 0 saturated heterocycles.